The summed E-state index contributed by atoms with van der Waals surface area (Å²) in [6.45, 7) is 3.63. The number of hydrogen-bond acceptors (Lipinski definition) is 5. The zero-order valence-electron chi connectivity index (χ0n) is 22.7. The van der Waals surface area contributed by atoms with Crippen LogP contribution in [0, 0.1) is 5.92 Å². The second-order valence-electron chi connectivity index (χ2n) is 10.0. The molecule has 3 N–H and O–H groups in total. The van der Waals surface area contributed by atoms with Crippen LogP contribution in [-0.4, -0.2) is 43.6 Å². The third kappa shape index (κ3) is 7.37. The van der Waals surface area contributed by atoms with Crippen molar-refractivity contribution in [2.75, 3.05) is 6.54 Å². The smallest absolute Gasteiger partial charge is 0.368 e. The van der Waals surface area contributed by atoms with Crippen molar-refractivity contribution in [1.29, 1.82) is 0 Å². The van der Waals surface area contributed by atoms with E-state index in [1.54, 1.807) is 13.8 Å². The maximum Gasteiger partial charge on any atom is 0.416 e. The van der Waals surface area contributed by atoms with Crippen LogP contribution in [0.15, 0.2) is 98.3 Å². The number of amides is 1. The summed E-state index contributed by atoms with van der Waals surface area (Å²) >= 11 is 3.44. The summed E-state index contributed by atoms with van der Waals surface area (Å²) in [7, 11) is -4.44. The number of rotatable bonds is 7. The molecule has 0 bridgehead atoms. The number of nitrogens with one attached hydrogen (secondary N) is 1. The van der Waals surface area contributed by atoms with Gasteiger partial charge in [0.25, 0.3) is 10.0 Å². The van der Waals surface area contributed by atoms with E-state index in [9.17, 15) is 26.4 Å². The molecule has 0 fully saturated rings. The van der Waals surface area contributed by atoms with Gasteiger partial charge >= 0.3 is 6.18 Å². The molecule has 13 heteroatoms. The Balaban J connectivity index is 1.80. The fourth-order valence-electron chi connectivity index (χ4n) is 4.50. The molecule has 1 heterocycles. The van der Waals surface area contributed by atoms with Crippen molar-refractivity contribution in [2.24, 2.45) is 21.7 Å². The summed E-state index contributed by atoms with van der Waals surface area (Å²) in [5, 5.41) is 6.17. The molecule has 2 unspecified atom stereocenters. The van der Waals surface area contributed by atoms with Gasteiger partial charge in [0.1, 0.15) is 6.04 Å². The summed E-state index contributed by atoms with van der Waals surface area (Å²) in [4.78, 5) is 16.2. The van der Waals surface area contributed by atoms with Gasteiger partial charge in [-0.2, -0.15) is 18.3 Å². The Morgan fingerprint density at radius 1 is 1.05 bits per heavy atom. The molecule has 8 nitrogen and oxygen atoms in total. The van der Waals surface area contributed by atoms with Crippen molar-refractivity contribution in [1.82, 2.24) is 9.73 Å². The molecule has 3 aromatic carbocycles. The lowest BCUT2D eigenvalue weighted by molar-refractivity contribution is -0.137. The fraction of sp³-hybridized carbons (Fsp3) is 0.276. The number of carbonyl (C=O) groups excluding carboxylic acids is 1. The molecule has 2 atom stereocenters. The molecule has 0 aromatic heterocycles. The standard InChI is InChI=1S/C29H29BrF3N5O3S/c1-18(2)25(27(34)39)35-28(37-42(40,41)23-14-10-21(11-15-23)29(31,32)33)38-17-16-24(19-6-4-3-5-7-19)26(36-38)20-8-12-22(30)13-9-20/h3-15,18,24-25H,16-17H2,1-2H3,(H2,34,39)(H,35,37). The maximum absolute atomic E-state index is 13.4. The largest absolute Gasteiger partial charge is 0.416 e. The molecule has 0 saturated heterocycles. The average molecular weight is 665 g/mol. The SMILES string of the molecule is CC(C)C(N=C(NS(=O)(=O)c1ccc(C(F)(F)F)cc1)N1CCC(c2ccccc2)C(c2ccc(Br)cc2)=N1)C(N)=O. The minimum atomic E-state index is -4.63. The molecule has 1 aliphatic rings. The lowest BCUT2D eigenvalue weighted by Gasteiger charge is -2.32. The van der Waals surface area contributed by atoms with Gasteiger partial charge in [-0.05, 0) is 59.9 Å². The maximum atomic E-state index is 13.4. The van der Waals surface area contributed by atoms with Crippen molar-refractivity contribution in [2.45, 2.75) is 43.3 Å². The van der Waals surface area contributed by atoms with Gasteiger partial charge in [-0.25, -0.2) is 23.1 Å². The van der Waals surface area contributed by atoms with E-state index in [2.05, 4.69) is 25.6 Å². The first kappa shape index (κ1) is 31.2. The quantitative estimate of drug-likeness (QED) is 0.256. The van der Waals surface area contributed by atoms with Crippen LogP contribution in [0.4, 0.5) is 13.2 Å². The van der Waals surface area contributed by atoms with Crippen molar-refractivity contribution in [3.63, 3.8) is 0 Å². The highest BCUT2D eigenvalue weighted by Gasteiger charge is 2.33. The lowest BCUT2D eigenvalue weighted by Crippen LogP contribution is -2.47. The number of benzene rings is 3. The van der Waals surface area contributed by atoms with Gasteiger partial charge in [0.05, 0.1) is 16.2 Å². The highest BCUT2D eigenvalue weighted by Crippen LogP contribution is 2.31. The Hall–Kier alpha value is -3.71. The molecule has 4 rings (SSSR count). The van der Waals surface area contributed by atoms with Crippen LogP contribution in [0.3, 0.4) is 0 Å². The third-order valence-corrected chi connectivity index (χ3v) is 8.55. The van der Waals surface area contributed by atoms with Crippen molar-refractivity contribution in [3.05, 3.63) is 100 Å². The van der Waals surface area contributed by atoms with Gasteiger partial charge in [0.15, 0.2) is 0 Å². The summed E-state index contributed by atoms with van der Waals surface area (Å²) in [5.41, 5.74) is 7.04. The van der Waals surface area contributed by atoms with Gasteiger partial charge in [-0.3, -0.25) is 4.79 Å². The molecule has 3 aromatic rings. The van der Waals surface area contributed by atoms with Crippen LogP contribution in [0.1, 0.15) is 42.9 Å². The molecule has 0 radical (unpaired) electrons. The van der Waals surface area contributed by atoms with Gasteiger partial charge in [-0.1, -0.05) is 72.2 Å². The lowest BCUT2D eigenvalue weighted by atomic mass is 9.86. The topological polar surface area (TPSA) is 117 Å². The van der Waals surface area contributed by atoms with Crippen molar-refractivity contribution >= 4 is 43.5 Å². The first-order chi connectivity index (χ1) is 19.8. The molecule has 222 valence electrons. The number of nitrogens with two attached hydrogens (primary N) is 1. The Morgan fingerprint density at radius 2 is 1.67 bits per heavy atom. The van der Waals surface area contributed by atoms with E-state index >= 15 is 0 Å². The second-order valence-corrected chi connectivity index (χ2v) is 12.6. The third-order valence-electron chi connectivity index (χ3n) is 6.68. The van der Waals surface area contributed by atoms with Gasteiger partial charge in [0, 0.05) is 16.9 Å². The number of sulfonamides is 1. The number of hydrazone groups is 1. The highest BCUT2D eigenvalue weighted by molar-refractivity contribution is 9.10. The monoisotopic (exact) mass is 663 g/mol. The van der Waals surface area contributed by atoms with Gasteiger partial charge in [0.2, 0.25) is 11.9 Å². The van der Waals surface area contributed by atoms with E-state index in [0.29, 0.717) is 24.3 Å². The Labute approximate surface area is 250 Å². The summed E-state index contributed by atoms with van der Waals surface area (Å²) in [6.07, 6.45) is -4.11. The van der Waals surface area contributed by atoms with Crippen molar-refractivity contribution < 1.29 is 26.4 Å². The van der Waals surface area contributed by atoms with Crippen LogP contribution < -0.4 is 10.5 Å². The van der Waals surface area contributed by atoms with E-state index in [4.69, 9.17) is 10.8 Å². The highest BCUT2D eigenvalue weighted by atomic mass is 79.9. The fourth-order valence-corrected chi connectivity index (χ4v) is 5.78. The predicted molar refractivity (Wildman–Crippen MR) is 158 cm³/mol. The average Bonchev–Trinajstić information content (AvgIpc) is 2.95. The van der Waals surface area contributed by atoms with E-state index in [1.165, 1.54) is 5.01 Å². The van der Waals surface area contributed by atoms with Crippen LogP contribution in [0.25, 0.3) is 0 Å². The number of alkyl halides is 3. The Kier molecular flexibility index (Phi) is 9.41. The van der Waals surface area contributed by atoms with Gasteiger partial charge < -0.3 is 5.73 Å². The molecule has 0 spiro atoms. The molecular weight excluding hydrogens is 635 g/mol. The minimum absolute atomic E-state index is 0.131. The van der Waals surface area contributed by atoms with E-state index < -0.39 is 38.6 Å². The van der Waals surface area contributed by atoms with E-state index in [-0.39, 0.29) is 24.3 Å². The molecule has 42 heavy (non-hydrogen) atoms. The molecule has 0 saturated carbocycles. The predicted octanol–water partition coefficient (Wildman–Crippen LogP) is 5.51. The number of hydrogen-bond donors (Lipinski definition) is 2. The zero-order valence-corrected chi connectivity index (χ0v) is 25.1. The van der Waals surface area contributed by atoms with Crippen molar-refractivity contribution in [3.8, 4) is 0 Å². The molecule has 0 aliphatic carbocycles. The minimum Gasteiger partial charge on any atom is -0.368 e. The van der Waals surface area contributed by atoms with Gasteiger partial charge in [-0.15, -0.1) is 0 Å². The Bertz CT molecular complexity index is 1580. The van der Waals surface area contributed by atoms with Crippen LogP contribution in [0.5, 0.6) is 0 Å². The molecule has 1 aliphatic heterocycles. The number of halogens is 4. The van der Waals surface area contributed by atoms with E-state index in [0.717, 1.165) is 27.7 Å². The molecular formula is C29H29BrF3N5O3S. The molecule has 1 amide bonds. The van der Waals surface area contributed by atoms with E-state index in [1.807, 2.05) is 54.6 Å². The summed E-state index contributed by atoms with van der Waals surface area (Å²) in [5.74, 6) is -1.56. The summed E-state index contributed by atoms with van der Waals surface area (Å²) < 4.78 is 69.2. The van der Waals surface area contributed by atoms with Crippen LogP contribution >= 0.6 is 15.9 Å². The number of nitrogens with zero attached hydrogens (tertiary/aromatic N) is 3. The zero-order chi connectivity index (χ0) is 30.7. The number of guanidine groups is 1. The Morgan fingerprint density at radius 3 is 2.21 bits per heavy atom. The summed E-state index contributed by atoms with van der Waals surface area (Å²) in [6, 6.07) is 19.2. The normalized spacial score (nSPS) is 17.1. The number of primary amides is 1. The van der Waals surface area contributed by atoms with Crippen LogP contribution in [0.2, 0.25) is 0 Å². The first-order valence-electron chi connectivity index (χ1n) is 13.0. The second kappa shape index (κ2) is 12.7. The number of carbonyl (C=O) groups is 1. The number of aliphatic imine (C=N–C) groups is 1. The first-order valence-corrected chi connectivity index (χ1v) is 15.3. The van der Waals surface area contributed by atoms with Crippen LogP contribution in [-0.2, 0) is 21.0 Å².